The van der Waals surface area contributed by atoms with Crippen LogP contribution in [0.15, 0.2) is 18.2 Å². The summed E-state index contributed by atoms with van der Waals surface area (Å²) in [6, 6.07) is 5.14. The first-order valence-electron chi connectivity index (χ1n) is 7.06. The molecule has 4 heteroatoms. The largest absolute Gasteiger partial charge is 0.330 e. The fourth-order valence-electron chi connectivity index (χ4n) is 3.06. The third-order valence-electron chi connectivity index (χ3n) is 4.16. The molecule has 2 N–H and O–H groups in total. The minimum absolute atomic E-state index is 0.00672. The highest BCUT2D eigenvalue weighted by Gasteiger charge is 2.27. The van der Waals surface area contributed by atoms with E-state index in [1.54, 1.807) is 13.0 Å². The number of nitrogens with zero attached hydrogens (tertiary/aromatic N) is 2. The van der Waals surface area contributed by atoms with Gasteiger partial charge < -0.3 is 10.3 Å². The van der Waals surface area contributed by atoms with Gasteiger partial charge in [0.05, 0.1) is 11.7 Å². The average molecular weight is 273 g/mol. The van der Waals surface area contributed by atoms with Crippen molar-refractivity contribution in [3.05, 3.63) is 41.1 Å². The monoisotopic (exact) mass is 273 g/mol. The molecule has 2 heterocycles. The van der Waals surface area contributed by atoms with E-state index in [0.717, 1.165) is 35.7 Å². The van der Waals surface area contributed by atoms with Gasteiger partial charge in [-0.3, -0.25) is 0 Å². The van der Waals surface area contributed by atoms with Gasteiger partial charge in [-0.15, -0.1) is 0 Å². The maximum Gasteiger partial charge on any atom is 0.126 e. The van der Waals surface area contributed by atoms with E-state index in [0.29, 0.717) is 11.5 Å². The summed E-state index contributed by atoms with van der Waals surface area (Å²) in [6.07, 6.45) is 0.971. The summed E-state index contributed by atoms with van der Waals surface area (Å²) in [5, 5.41) is 0. The Labute approximate surface area is 118 Å². The SMILES string of the molecule is Cc1cc(-c2nc3n(c2C)CC(C)CC3N)ccc1F. The third-order valence-corrected chi connectivity index (χ3v) is 4.16. The van der Waals surface area contributed by atoms with Crippen molar-refractivity contribution in [3.63, 3.8) is 0 Å². The van der Waals surface area contributed by atoms with E-state index in [2.05, 4.69) is 18.4 Å². The molecule has 0 spiro atoms. The van der Waals surface area contributed by atoms with Crippen LogP contribution in [0.25, 0.3) is 11.3 Å². The zero-order valence-corrected chi connectivity index (χ0v) is 12.2. The number of hydrogen-bond donors (Lipinski definition) is 1. The molecule has 0 saturated heterocycles. The van der Waals surface area contributed by atoms with E-state index in [-0.39, 0.29) is 11.9 Å². The fraction of sp³-hybridized carbons (Fsp3) is 0.438. The van der Waals surface area contributed by atoms with Gasteiger partial charge >= 0.3 is 0 Å². The number of aryl methyl sites for hydroxylation is 1. The van der Waals surface area contributed by atoms with Gasteiger partial charge in [0.1, 0.15) is 11.6 Å². The highest BCUT2D eigenvalue weighted by Crippen LogP contribution is 2.33. The van der Waals surface area contributed by atoms with Crippen molar-refractivity contribution in [2.24, 2.45) is 11.7 Å². The Hall–Kier alpha value is -1.68. The predicted octanol–water partition coefficient (Wildman–Crippen LogP) is 3.35. The second kappa shape index (κ2) is 4.70. The normalized spacial score (nSPS) is 21.9. The van der Waals surface area contributed by atoms with Crippen molar-refractivity contribution >= 4 is 0 Å². The Morgan fingerprint density at radius 1 is 1.35 bits per heavy atom. The molecule has 0 bridgehead atoms. The van der Waals surface area contributed by atoms with Crippen LogP contribution >= 0.6 is 0 Å². The average Bonchev–Trinajstić information content (AvgIpc) is 2.71. The zero-order valence-electron chi connectivity index (χ0n) is 12.2. The lowest BCUT2D eigenvalue weighted by molar-refractivity contribution is 0.343. The lowest BCUT2D eigenvalue weighted by Crippen LogP contribution is -2.27. The zero-order chi connectivity index (χ0) is 14.4. The smallest absolute Gasteiger partial charge is 0.126 e. The maximum atomic E-state index is 13.4. The molecular formula is C16H20FN3. The van der Waals surface area contributed by atoms with Crippen LogP contribution in [0.1, 0.15) is 36.5 Å². The summed E-state index contributed by atoms with van der Waals surface area (Å²) < 4.78 is 15.6. The molecule has 2 atom stereocenters. The summed E-state index contributed by atoms with van der Waals surface area (Å²) >= 11 is 0. The van der Waals surface area contributed by atoms with Gasteiger partial charge in [0.15, 0.2) is 0 Å². The van der Waals surface area contributed by atoms with E-state index < -0.39 is 0 Å². The number of imidazole rings is 1. The number of fused-ring (bicyclic) bond motifs is 1. The van der Waals surface area contributed by atoms with Crippen LogP contribution < -0.4 is 5.73 Å². The fourth-order valence-corrected chi connectivity index (χ4v) is 3.06. The van der Waals surface area contributed by atoms with Gasteiger partial charge in [-0.25, -0.2) is 9.37 Å². The Balaban J connectivity index is 2.11. The topological polar surface area (TPSA) is 43.8 Å². The minimum Gasteiger partial charge on any atom is -0.330 e. The molecule has 1 aromatic carbocycles. The summed E-state index contributed by atoms with van der Waals surface area (Å²) in [4.78, 5) is 4.72. The Morgan fingerprint density at radius 3 is 2.80 bits per heavy atom. The van der Waals surface area contributed by atoms with Gasteiger partial charge in [-0.05, 0) is 49.9 Å². The van der Waals surface area contributed by atoms with E-state index >= 15 is 0 Å². The first-order chi connectivity index (χ1) is 9.47. The molecule has 2 aromatic rings. The first kappa shape index (κ1) is 13.3. The first-order valence-corrected chi connectivity index (χ1v) is 7.06. The number of nitrogens with two attached hydrogens (primary N) is 1. The molecule has 1 aliphatic rings. The van der Waals surface area contributed by atoms with Crippen LogP contribution in [-0.4, -0.2) is 9.55 Å². The summed E-state index contributed by atoms with van der Waals surface area (Å²) in [6.45, 7) is 7.01. The van der Waals surface area contributed by atoms with Crippen LogP contribution in [0.4, 0.5) is 4.39 Å². The van der Waals surface area contributed by atoms with E-state index in [9.17, 15) is 4.39 Å². The molecule has 3 nitrogen and oxygen atoms in total. The molecule has 2 unspecified atom stereocenters. The molecule has 1 aromatic heterocycles. The molecule has 106 valence electrons. The standard InChI is InChI=1S/C16H20FN3/c1-9-6-14(18)16-19-15(11(3)20(16)8-9)12-4-5-13(17)10(2)7-12/h4-5,7,9,14H,6,8,18H2,1-3H3. The van der Waals surface area contributed by atoms with Crippen molar-refractivity contribution in [1.82, 2.24) is 9.55 Å². The van der Waals surface area contributed by atoms with Crippen molar-refractivity contribution in [1.29, 1.82) is 0 Å². The van der Waals surface area contributed by atoms with E-state index in [1.165, 1.54) is 6.07 Å². The number of halogens is 1. The van der Waals surface area contributed by atoms with Gasteiger partial charge in [-0.1, -0.05) is 6.92 Å². The van der Waals surface area contributed by atoms with Crippen molar-refractivity contribution < 1.29 is 4.39 Å². The second-order valence-electron chi connectivity index (χ2n) is 5.93. The Bertz CT molecular complexity index is 660. The molecule has 0 amide bonds. The Morgan fingerprint density at radius 2 is 2.10 bits per heavy atom. The van der Waals surface area contributed by atoms with Gasteiger partial charge in [-0.2, -0.15) is 0 Å². The number of hydrogen-bond acceptors (Lipinski definition) is 2. The predicted molar refractivity (Wildman–Crippen MR) is 77.8 cm³/mol. The molecule has 3 rings (SSSR count). The summed E-state index contributed by atoms with van der Waals surface area (Å²) in [5.41, 5.74) is 9.86. The van der Waals surface area contributed by atoms with Gasteiger partial charge in [0.2, 0.25) is 0 Å². The van der Waals surface area contributed by atoms with Crippen molar-refractivity contribution in [3.8, 4) is 11.3 Å². The van der Waals surface area contributed by atoms with E-state index in [4.69, 9.17) is 10.7 Å². The summed E-state index contributed by atoms with van der Waals surface area (Å²) in [5.74, 6) is 1.34. The molecule has 0 radical (unpaired) electrons. The van der Waals surface area contributed by atoms with Crippen LogP contribution in [0.5, 0.6) is 0 Å². The lowest BCUT2D eigenvalue weighted by Gasteiger charge is -2.26. The number of aromatic nitrogens is 2. The van der Waals surface area contributed by atoms with Crippen LogP contribution in [-0.2, 0) is 6.54 Å². The number of rotatable bonds is 1. The van der Waals surface area contributed by atoms with E-state index in [1.807, 2.05) is 6.07 Å². The highest BCUT2D eigenvalue weighted by atomic mass is 19.1. The quantitative estimate of drug-likeness (QED) is 0.866. The highest BCUT2D eigenvalue weighted by molar-refractivity contribution is 5.63. The third kappa shape index (κ3) is 2.04. The van der Waals surface area contributed by atoms with Gasteiger partial charge in [0, 0.05) is 17.8 Å². The minimum atomic E-state index is -0.180. The number of benzene rings is 1. The van der Waals surface area contributed by atoms with Crippen molar-refractivity contribution in [2.75, 3.05) is 0 Å². The summed E-state index contributed by atoms with van der Waals surface area (Å²) in [7, 11) is 0. The van der Waals surface area contributed by atoms with Gasteiger partial charge in [0.25, 0.3) is 0 Å². The maximum absolute atomic E-state index is 13.4. The van der Waals surface area contributed by atoms with Crippen LogP contribution in [0, 0.1) is 25.6 Å². The molecule has 0 fully saturated rings. The van der Waals surface area contributed by atoms with Crippen molar-refractivity contribution in [2.45, 2.75) is 39.8 Å². The molecule has 0 saturated carbocycles. The van der Waals surface area contributed by atoms with Crippen LogP contribution in [0.2, 0.25) is 0 Å². The lowest BCUT2D eigenvalue weighted by atomic mass is 9.98. The van der Waals surface area contributed by atoms with Crippen LogP contribution in [0.3, 0.4) is 0 Å². The molecule has 1 aliphatic heterocycles. The molecular weight excluding hydrogens is 253 g/mol. The Kier molecular flexibility index (Phi) is 3.13. The second-order valence-corrected chi connectivity index (χ2v) is 5.93. The molecule has 0 aliphatic carbocycles. The molecule has 20 heavy (non-hydrogen) atoms.